The monoisotopic (exact) mass is 499 g/mol. The van der Waals surface area contributed by atoms with Crippen LogP contribution < -0.4 is 34.7 Å². The van der Waals surface area contributed by atoms with Crippen molar-refractivity contribution < 1.29 is 53.8 Å². The van der Waals surface area contributed by atoms with Gasteiger partial charge in [-0.05, 0) is 34.4 Å². The predicted molar refractivity (Wildman–Crippen MR) is 131 cm³/mol. The van der Waals surface area contributed by atoms with E-state index in [1.165, 1.54) is 18.2 Å². The van der Waals surface area contributed by atoms with Crippen LogP contribution >= 0.6 is 0 Å². The first-order valence-electron chi connectivity index (χ1n) is 11.5. The second-order valence-corrected chi connectivity index (χ2v) is 8.49. The van der Waals surface area contributed by atoms with Gasteiger partial charge in [-0.2, -0.15) is 0 Å². The number of hydrogen-bond donors (Lipinski definition) is 0. The summed E-state index contributed by atoms with van der Waals surface area (Å²) >= 11 is 0. The molecule has 0 bridgehead atoms. The number of nitrogens with zero attached hydrogens (tertiary/aromatic N) is 1. The van der Waals surface area contributed by atoms with E-state index in [4.69, 9.17) is 4.74 Å². The summed E-state index contributed by atoms with van der Waals surface area (Å²) in [6, 6.07) is 31.8. The third kappa shape index (κ3) is 5.43. The molecular formula is C30H22NNaO5. The quantitative estimate of drug-likeness (QED) is 0.269. The van der Waals surface area contributed by atoms with E-state index in [1.54, 1.807) is 0 Å². The van der Waals surface area contributed by atoms with Gasteiger partial charge in [0.15, 0.2) is 0 Å². The molecule has 4 aromatic carbocycles. The fraction of sp³-hybridized carbons (Fsp3) is 0.100. The van der Waals surface area contributed by atoms with Crippen LogP contribution in [0.15, 0.2) is 109 Å². The molecule has 0 unspecified atom stereocenters. The molecule has 0 spiro atoms. The predicted octanol–water partition coefficient (Wildman–Crippen LogP) is 1.20. The molecule has 4 aromatic rings. The van der Waals surface area contributed by atoms with Crippen molar-refractivity contribution >= 4 is 17.8 Å². The van der Waals surface area contributed by atoms with Crippen molar-refractivity contribution in [1.82, 2.24) is 4.90 Å². The summed E-state index contributed by atoms with van der Waals surface area (Å²) < 4.78 is 6.45. The normalized spacial score (nSPS) is 13.3. The number of amides is 2. The molecule has 0 radical (unpaired) electrons. The van der Waals surface area contributed by atoms with Crippen molar-refractivity contribution in [2.75, 3.05) is 6.61 Å². The number of imide groups is 1. The topological polar surface area (TPSA) is 86.7 Å². The Morgan fingerprint density at radius 3 is 1.70 bits per heavy atom. The van der Waals surface area contributed by atoms with Crippen LogP contribution in [0.5, 0.6) is 0 Å². The number of hydrogen-bond acceptors (Lipinski definition) is 5. The summed E-state index contributed by atoms with van der Waals surface area (Å²) in [5.41, 5.74) is 2.66. The molecule has 5 rings (SSSR count). The average Bonchev–Trinajstić information content (AvgIpc) is 3.17. The molecule has 0 aliphatic carbocycles. The molecule has 0 saturated carbocycles. The van der Waals surface area contributed by atoms with E-state index in [-0.39, 0.29) is 52.9 Å². The number of aromatic carboxylic acids is 1. The first-order chi connectivity index (χ1) is 17.5. The van der Waals surface area contributed by atoms with Gasteiger partial charge in [-0.25, -0.2) is 0 Å². The van der Waals surface area contributed by atoms with Gasteiger partial charge in [0, 0.05) is 0 Å². The van der Waals surface area contributed by atoms with E-state index >= 15 is 0 Å². The molecule has 7 heteroatoms. The maximum atomic E-state index is 13.4. The first kappa shape index (κ1) is 26.5. The number of ether oxygens (including phenoxy) is 1. The maximum absolute atomic E-state index is 13.4. The van der Waals surface area contributed by atoms with E-state index in [0.29, 0.717) is 0 Å². The molecule has 0 aromatic heterocycles. The Bertz CT molecular complexity index is 1370. The van der Waals surface area contributed by atoms with Crippen LogP contribution in [0.1, 0.15) is 59.9 Å². The van der Waals surface area contributed by atoms with E-state index in [2.05, 4.69) is 0 Å². The van der Waals surface area contributed by atoms with Gasteiger partial charge in [-0.3, -0.25) is 14.5 Å². The van der Waals surface area contributed by atoms with E-state index < -0.39 is 29.9 Å². The van der Waals surface area contributed by atoms with Gasteiger partial charge in [-0.15, -0.1) is 0 Å². The van der Waals surface area contributed by atoms with E-state index in [1.807, 2.05) is 91.0 Å². The maximum Gasteiger partial charge on any atom is 1.00 e. The molecule has 37 heavy (non-hydrogen) atoms. The zero-order valence-corrected chi connectivity index (χ0v) is 22.2. The number of carboxylic acid groups (broad SMARTS) is 1. The van der Waals surface area contributed by atoms with Crippen LogP contribution in [0.2, 0.25) is 0 Å². The Morgan fingerprint density at radius 2 is 1.19 bits per heavy atom. The number of rotatable bonds is 8. The first-order valence-corrected chi connectivity index (χ1v) is 11.5. The second-order valence-electron chi connectivity index (χ2n) is 8.49. The van der Waals surface area contributed by atoms with Gasteiger partial charge in [0.2, 0.25) is 0 Å². The summed E-state index contributed by atoms with van der Waals surface area (Å²) in [5, 5.41) is 11.3. The molecule has 1 aliphatic rings. The van der Waals surface area contributed by atoms with Gasteiger partial charge in [0.05, 0.1) is 29.7 Å². The molecule has 1 heterocycles. The molecule has 0 fully saturated rings. The minimum absolute atomic E-state index is 0. The standard InChI is InChI=1S/C30H23NO5.Na/c32-28-24-17-16-23(30(34)35)18-25(24)29(33)31(28)26(20-10-4-1-5-11-20)19-36-27(21-12-6-2-7-13-21)22-14-8-3-9-15-22;/h1-18,26-27H,19H2,(H,34,35);/q;+1/p-1/t26-;/m1./s1. The number of benzene rings is 4. The van der Waals surface area contributed by atoms with Crippen molar-refractivity contribution in [3.8, 4) is 0 Å². The minimum atomic E-state index is -1.41. The van der Waals surface area contributed by atoms with Crippen molar-refractivity contribution in [3.05, 3.63) is 143 Å². The molecular weight excluding hydrogens is 477 g/mol. The second kappa shape index (κ2) is 11.7. The SMILES string of the molecule is O=C([O-])c1ccc2c(c1)C(=O)N([C@H](COC(c1ccccc1)c1ccccc1)c1ccccc1)C2=O.[Na+]. The summed E-state index contributed by atoms with van der Waals surface area (Å²) in [7, 11) is 0. The van der Waals surface area contributed by atoms with Crippen molar-refractivity contribution in [2.45, 2.75) is 12.1 Å². The molecule has 0 saturated heterocycles. The van der Waals surface area contributed by atoms with E-state index in [9.17, 15) is 19.5 Å². The summed E-state index contributed by atoms with van der Waals surface area (Å²) in [6.45, 7) is 0.0390. The van der Waals surface area contributed by atoms with Crippen molar-refractivity contribution in [3.63, 3.8) is 0 Å². The van der Waals surface area contributed by atoms with Crippen LogP contribution in [-0.2, 0) is 4.74 Å². The molecule has 0 N–H and O–H groups in total. The van der Waals surface area contributed by atoms with Gasteiger partial charge >= 0.3 is 29.6 Å². The minimum Gasteiger partial charge on any atom is -0.545 e. The number of fused-ring (bicyclic) bond motifs is 1. The molecule has 6 nitrogen and oxygen atoms in total. The van der Waals surface area contributed by atoms with Crippen LogP contribution in [0.4, 0.5) is 0 Å². The van der Waals surface area contributed by atoms with E-state index in [0.717, 1.165) is 21.6 Å². The van der Waals surface area contributed by atoms with Crippen LogP contribution in [0.25, 0.3) is 0 Å². The zero-order valence-electron chi connectivity index (χ0n) is 20.2. The largest absolute Gasteiger partial charge is 1.00 e. The summed E-state index contributed by atoms with van der Waals surface area (Å²) in [5.74, 6) is -2.46. The third-order valence-corrected chi connectivity index (χ3v) is 6.28. The Hall–Kier alpha value is -3.55. The molecule has 1 atom stereocenters. The summed E-state index contributed by atoms with van der Waals surface area (Å²) in [4.78, 5) is 39.3. The van der Waals surface area contributed by atoms with Crippen LogP contribution in [0, 0.1) is 0 Å². The summed E-state index contributed by atoms with van der Waals surface area (Å²) in [6.07, 6.45) is -0.418. The van der Waals surface area contributed by atoms with Crippen LogP contribution in [-0.4, -0.2) is 29.3 Å². The van der Waals surface area contributed by atoms with Gasteiger partial charge in [-0.1, -0.05) is 97.1 Å². The Kier molecular flexibility index (Phi) is 8.36. The fourth-order valence-electron chi connectivity index (χ4n) is 4.49. The number of carbonyl (C=O) groups excluding carboxylic acids is 3. The Morgan fingerprint density at radius 1 is 0.703 bits per heavy atom. The zero-order chi connectivity index (χ0) is 25.1. The van der Waals surface area contributed by atoms with Crippen molar-refractivity contribution in [1.29, 1.82) is 0 Å². The van der Waals surface area contributed by atoms with Crippen LogP contribution in [0.3, 0.4) is 0 Å². The van der Waals surface area contributed by atoms with Crippen molar-refractivity contribution in [2.24, 2.45) is 0 Å². The number of carboxylic acids is 1. The smallest absolute Gasteiger partial charge is 0.545 e. The molecule has 1 aliphatic heterocycles. The third-order valence-electron chi connectivity index (χ3n) is 6.28. The Labute approximate surface area is 236 Å². The van der Waals surface area contributed by atoms with Gasteiger partial charge in [0.25, 0.3) is 11.8 Å². The molecule has 178 valence electrons. The molecule has 2 amide bonds. The Balaban J connectivity index is 0.00000320. The number of carbonyl (C=O) groups is 3. The van der Waals surface area contributed by atoms with Gasteiger partial charge < -0.3 is 14.6 Å². The fourth-order valence-corrected chi connectivity index (χ4v) is 4.49. The van der Waals surface area contributed by atoms with Gasteiger partial charge in [0.1, 0.15) is 6.10 Å². The average molecular weight is 499 g/mol.